The van der Waals surface area contributed by atoms with Crippen molar-refractivity contribution in [2.24, 2.45) is 5.41 Å². The molecule has 2 saturated heterocycles. The molecule has 2 aliphatic rings. The summed E-state index contributed by atoms with van der Waals surface area (Å²) in [6.45, 7) is 10.0. The highest BCUT2D eigenvalue weighted by Gasteiger charge is 2.51. The molecule has 2 heterocycles. The third kappa shape index (κ3) is 5.20. The number of nitrogens with zero attached hydrogens (tertiary/aromatic N) is 2. The number of hydrogen-bond acceptors (Lipinski definition) is 5. The van der Waals surface area contributed by atoms with Crippen molar-refractivity contribution in [3.8, 4) is 5.75 Å². The van der Waals surface area contributed by atoms with Crippen LogP contribution in [0.5, 0.6) is 5.75 Å². The highest BCUT2D eigenvalue weighted by molar-refractivity contribution is 5.92. The van der Waals surface area contributed by atoms with Crippen LogP contribution in [-0.4, -0.2) is 73.5 Å². The molecule has 7 nitrogen and oxygen atoms in total. The van der Waals surface area contributed by atoms with Crippen molar-refractivity contribution in [3.63, 3.8) is 0 Å². The van der Waals surface area contributed by atoms with Crippen LogP contribution < -0.4 is 15.4 Å². The van der Waals surface area contributed by atoms with Gasteiger partial charge in [0.2, 0.25) is 11.8 Å². The second kappa shape index (κ2) is 7.67. The first-order valence-corrected chi connectivity index (χ1v) is 9.46. The Labute approximate surface area is 165 Å². The number of methoxy groups -OCH3 is 1. The number of amides is 2. The Bertz CT molecular complexity index is 748. The minimum absolute atomic E-state index is 0.0448. The molecule has 8 heteroatoms. The molecule has 0 radical (unpaired) electrons. The lowest BCUT2D eigenvalue weighted by atomic mass is 9.73. The fourth-order valence-electron chi connectivity index (χ4n) is 4.05. The van der Waals surface area contributed by atoms with Crippen molar-refractivity contribution < 1.29 is 18.7 Å². The fraction of sp³-hybridized carbons (Fsp3) is 0.600. The number of halogens is 1. The van der Waals surface area contributed by atoms with E-state index in [-0.39, 0.29) is 29.3 Å². The van der Waals surface area contributed by atoms with Gasteiger partial charge in [0.1, 0.15) is 11.6 Å². The summed E-state index contributed by atoms with van der Waals surface area (Å²) in [4.78, 5) is 28.4. The summed E-state index contributed by atoms with van der Waals surface area (Å²) < 4.78 is 18.5. The van der Waals surface area contributed by atoms with Crippen LogP contribution in [0.3, 0.4) is 0 Å². The van der Waals surface area contributed by atoms with Crippen molar-refractivity contribution in [1.82, 2.24) is 15.1 Å². The predicted octanol–water partition coefficient (Wildman–Crippen LogP) is 1.31. The van der Waals surface area contributed by atoms with Crippen molar-refractivity contribution in [3.05, 3.63) is 24.0 Å². The van der Waals surface area contributed by atoms with Gasteiger partial charge in [-0.05, 0) is 26.8 Å². The van der Waals surface area contributed by atoms with E-state index in [9.17, 15) is 14.0 Å². The molecule has 2 fully saturated rings. The quantitative estimate of drug-likeness (QED) is 0.764. The van der Waals surface area contributed by atoms with Gasteiger partial charge in [0, 0.05) is 55.0 Å². The summed E-state index contributed by atoms with van der Waals surface area (Å²) in [6.07, 6.45) is 0. The molecule has 1 spiro atoms. The molecule has 0 atom stereocenters. The van der Waals surface area contributed by atoms with Crippen LogP contribution in [-0.2, 0) is 9.59 Å². The zero-order valence-electron chi connectivity index (χ0n) is 17.0. The maximum Gasteiger partial charge on any atom is 0.238 e. The monoisotopic (exact) mass is 392 g/mol. The molecule has 154 valence electrons. The summed E-state index contributed by atoms with van der Waals surface area (Å²) in [5.41, 5.74) is 0.368. The maximum absolute atomic E-state index is 13.5. The Morgan fingerprint density at radius 2 is 1.64 bits per heavy atom. The molecule has 1 aromatic rings. The van der Waals surface area contributed by atoms with Gasteiger partial charge in [0.15, 0.2) is 0 Å². The number of hydrogen-bond donors (Lipinski definition) is 2. The fourth-order valence-corrected chi connectivity index (χ4v) is 4.05. The molecular formula is C20H29FN4O3. The Morgan fingerprint density at radius 3 is 2.18 bits per heavy atom. The second-order valence-electron chi connectivity index (χ2n) is 9.02. The molecule has 0 bridgehead atoms. The van der Waals surface area contributed by atoms with Crippen LogP contribution in [0.4, 0.5) is 10.1 Å². The number of anilines is 1. The van der Waals surface area contributed by atoms with E-state index in [0.717, 1.165) is 26.2 Å². The Morgan fingerprint density at radius 1 is 1.07 bits per heavy atom. The van der Waals surface area contributed by atoms with E-state index in [1.807, 2.05) is 20.8 Å². The van der Waals surface area contributed by atoms with E-state index >= 15 is 0 Å². The van der Waals surface area contributed by atoms with E-state index in [2.05, 4.69) is 20.4 Å². The van der Waals surface area contributed by atoms with E-state index < -0.39 is 5.82 Å². The number of carbonyl (C=O) groups excluding carboxylic acids is 2. The van der Waals surface area contributed by atoms with Crippen molar-refractivity contribution >= 4 is 17.5 Å². The molecule has 2 amide bonds. The van der Waals surface area contributed by atoms with Crippen LogP contribution in [0.15, 0.2) is 18.2 Å². The SMILES string of the molecule is COc1cc(F)cc(NC(=O)CN2CC3(C2)CN(CC(=O)NC(C)(C)C)C3)c1. The molecule has 0 unspecified atom stereocenters. The van der Waals surface area contributed by atoms with Gasteiger partial charge in [-0.25, -0.2) is 4.39 Å². The molecule has 0 aliphatic carbocycles. The molecule has 2 aliphatic heterocycles. The normalized spacial score (nSPS) is 18.9. The van der Waals surface area contributed by atoms with Gasteiger partial charge in [-0.2, -0.15) is 0 Å². The first-order chi connectivity index (χ1) is 13.1. The molecule has 2 N–H and O–H groups in total. The number of likely N-dealkylation sites (tertiary alicyclic amines) is 2. The lowest BCUT2D eigenvalue weighted by Gasteiger charge is -2.60. The number of carbonyl (C=O) groups is 2. The summed E-state index contributed by atoms with van der Waals surface area (Å²) in [7, 11) is 1.45. The summed E-state index contributed by atoms with van der Waals surface area (Å²) in [6, 6.07) is 4.12. The third-order valence-corrected chi connectivity index (χ3v) is 4.88. The second-order valence-corrected chi connectivity index (χ2v) is 9.02. The van der Waals surface area contributed by atoms with Gasteiger partial charge in [-0.15, -0.1) is 0 Å². The Hall–Kier alpha value is -2.19. The van der Waals surface area contributed by atoms with Gasteiger partial charge < -0.3 is 15.4 Å². The number of benzene rings is 1. The number of rotatable bonds is 6. The minimum atomic E-state index is -0.456. The van der Waals surface area contributed by atoms with E-state index in [1.54, 1.807) is 6.07 Å². The predicted molar refractivity (Wildman–Crippen MR) is 105 cm³/mol. The average Bonchev–Trinajstić information content (AvgIpc) is 2.48. The molecule has 0 aromatic heterocycles. The smallest absolute Gasteiger partial charge is 0.238 e. The third-order valence-electron chi connectivity index (χ3n) is 4.88. The first kappa shape index (κ1) is 20.5. The van der Waals surface area contributed by atoms with E-state index in [1.165, 1.54) is 19.2 Å². The van der Waals surface area contributed by atoms with Crippen molar-refractivity contribution in [2.45, 2.75) is 26.3 Å². The standard InChI is InChI=1S/C20H29FN4O3/c1-19(2,3)23-18(27)9-25-12-20(13-25)10-24(11-20)8-17(26)22-15-5-14(21)6-16(7-15)28-4/h5-7H,8-13H2,1-4H3,(H,22,26)(H,23,27). The number of nitrogens with one attached hydrogen (secondary N) is 2. The van der Waals surface area contributed by atoms with Crippen molar-refractivity contribution in [2.75, 3.05) is 51.7 Å². The van der Waals surface area contributed by atoms with Gasteiger partial charge in [-0.3, -0.25) is 19.4 Å². The Kier molecular flexibility index (Phi) is 5.63. The van der Waals surface area contributed by atoms with E-state index in [0.29, 0.717) is 18.0 Å². The topological polar surface area (TPSA) is 73.9 Å². The maximum atomic E-state index is 13.5. The lowest BCUT2D eigenvalue weighted by Crippen LogP contribution is -2.73. The van der Waals surface area contributed by atoms with Gasteiger partial charge in [0.25, 0.3) is 0 Å². The van der Waals surface area contributed by atoms with Gasteiger partial charge in [0.05, 0.1) is 20.2 Å². The van der Waals surface area contributed by atoms with Crippen molar-refractivity contribution in [1.29, 1.82) is 0 Å². The van der Waals surface area contributed by atoms with Crippen LogP contribution in [0.1, 0.15) is 20.8 Å². The lowest BCUT2D eigenvalue weighted by molar-refractivity contribution is -0.141. The molecular weight excluding hydrogens is 363 g/mol. The zero-order valence-corrected chi connectivity index (χ0v) is 17.0. The molecule has 3 rings (SSSR count). The van der Waals surface area contributed by atoms with Crippen LogP contribution in [0, 0.1) is 11.2 Å². The highest BCUT2D eigenvalue weighted by Crippen LogP contribution is 2.39. The summed E-state index contributed by atoms with van der Waals surface area (Å²) in [5, 5.41) is 5.68. The van der Waals surface area contributed by atoms with Crippen LogP contribution >= 0.6 is 0 Å². The number of ether oxygens (including phenoxy) is 1. The van der Waals surface area contributed by atoms with Gasteiger partial charge in [-0.1, -0.05) is 0 Å². The van der Waals surface area contributed by atoms with E-state index in [4.69, 9.17) is 4.74 Å². The van der Waals surface area contributed by atoms with Crippen LogP contribution in [0.2, 0.25) is 0 Å². The molecule has 0 saturated carbocycles. The highest BCUT2D eigenvalue weighted by atomic mass is 19.1. The minimum Gasteiger partial charge on any atom is -0.497 e. The average molecular weight is 392 g/mol. The molecule has 1 aromatic carbocycles. The zero-order chi connectivity index (χ0) is 20.5. The summed E-state index contributed by atoms with van der Waals surface area (Å²) in [5.74, 6) is -0.225. The first-order valence-electron chi connectivity index (χ1n) is 9.46. The Balaban J connectivity index is 1.38. The largest absolute Gasteiger partial charge is 0.497 e. The molecule has 28 heavy (non-hydrogen) atoms. The van der Waals surface area contributed by atoms with Gasteiger partial charge >= 0.3 is 0 Å². The van der Waals surface area contributed by atoms with Crippen LogP contribution in [0.25, 0.3) is 0 Å². The summed E-state index contributed by atoms with van der Waals surface area (Å²) >= 11 is 0.